The quantitative estimate of drug-likeness (QED) is 0.760. The Balaban J connectivity index is 1.58. The number of halogens is 2. The first kappa shape index (κ1) is 19.2. The second-order valence-electron chi connectivity index (χ2n) is 6.93. The lowest BCUT2D eigenvalue weighted by molar-refractivity contribution is 0.0946. The number of pyridine rings is 1. The van der Waals surface area contributed by atoms with Gasteiger partial charge in [-0.1, -0.05) is 54.4 Å². The highest BCUT2D eigenvalue weighted by Crippen LogP contribution is 2.19. The molecule has 0 atom stereocenters. The lowest BCUT2D eigenvalue weighted by Gasteiger charge is -2.30. The third kappa shape index (κ3) is 5.19. The lowest BCUT2D eigenvalue weighted by Crippen LogP contribution is -2.32. The van der Waals surface area contributed by atoms with E-state index < -0.39 is 0 Å². The first-order valence-electron chi connectivity index (χ1n) is 8.91. The molecule has 1 N–H and O–H groups in total. The molecule has 0 aliphatic carbocycles. The number of nitrogens with one attached hydrogen (secondary N) is 1. The van der Waals surface area contributed by atoms with E-state index in [1.165, 1.54) is 18.4 Å². The van der Waals surface area contributed by atoms with Crippen LogP contribution in [0.4, 0.5) is 0 Å². The lowest BCUT2D eigenvalue weighted by atomic mass is 9.98. The summed E-state index contributed by atoms with van der Waals surface area (Å²) < 4.78 is 0. The zero-order valence-corrected chi connectivity index (χ0v) is 16.4. The van der Waals surface area contributed by atoms with E-state index in [9.17, 15) is 4.79 Å². The summed E-state index contributed by atoms with van der Waals surface area (Å²) in [4.78, 5) is 18.8. The van der Waals surface area contributed by atoms with Crippen molar-refractivity contribution in [2.45, 2.75) is 32.9 Å². The number of aromatic nitrogens is 1. The van der Waals surface area contributed by atoms with Crippen molar-refractivity contribution in [3.63, 3.8) is 0 Å². The number of amides is 1. The van der Waals surface area contributed by atoms with E-state index in [2.05, 4.69) is 34.3 Å². The molecule has 1 amide bonds. The van der Waals surface area contributed by atoms with Gasteiger partial charge in [0.2, 0.25) is 0 Å². The molecule has 0 unspecified atom stereocenters. The van der Waals surface area contributed by atoms with Gasteiger partial charge in [0.25, 0.3) is 5.91 Å². The van der Waals surface area contributed by atoms with Gasteiger partial charge >= 0.3 is 0 Å². The predicted molar refractivity (Wildman–Crippen MR) is 106 cm³/mol. The van der Waals surface area contributed by atoms with Gasteiger partial charge in [0.1, 0.15) is 10.8 Å². The minimum absolute atomic E-state index is 0.151. The Labute approximate surface area is 164 Å². The zero-order chi connectivity index (χ0) is 18.5. The first-order valence-corrected chi connectivity index (χ1v) is 9.67. The molecule has 3 rings (SSSR count). The van der Waals surface area contributed by atoms with Crippen molar-refractivity contribution in [1.29, 1.82) is 0 Å². The number of rotatable bonds is 5. The number of carbonyl (C=O) groups is 1. The third-order valence-corrected chi connectivity index (χ3v) is 5.27. The van der Waals surface area contributed by atoms with Crippen molar-refractivity contribution in [1.82, 2.24) is 15.2 Å². The van der Waals surface area contributed by atoms with Crippen molar-refractivity contribution in [2.24, 2.45) is 5.92 Å². The molecule has 6 heteroatoms. The number of hydrogen-bond donors (Lipinski definition) is 1. The van der Waals surface area contributed by atoms with Crippen LogP contribution in [0, 0.1) is 5.92 Å². The molecular formula is C20H23Cl2N3O. The zero-order valence-electron chi connectivity index (χ0n) is 14.8. The first-order chi connectivity index (χ1) is 12.5. The SMILES string of the molecule is CC1CCN(Cc2cccc(CNC(=O)c3nc(Cl)ccc3Cl)c2)CC1. The van der Waals surface area contributed by atoms with Crippen LogP contribution in [0.5, 0.6) is 0 Å². The van der Waals surface area contributed by atoms with E-state index >= 15 is 0 Å². The highest BCUT2D eigenvalue weighted by molar-refractivity contribution is 6.34. The van der Waals surface area contributed by atoms with Crippen LogP contribution in [-0.4, -0.2) is 28.9 Å². The van der Waals surface area contributed by atoms with Gasteiger partial charge in [-0.05, 0) is 55.1 Å². The fourth-order valence-electron chi connectivity index (χ4n) is 3.16. The van der Waals surface area contributed by atoms with Crippen molar-refractivity contribution in [2.75, 3.05) is 13.1 Å². The normalized spacial score (nSPS) is 15.8. The van der Waals surface area contributed by atoms with Crippen LogP contribution < -0.4 is 5.32 Å². The van der Waals surface area contributed by atoms with E-state index in [0.717, 1.165) is 31.1 Å². The van der Waals surface area contributed by atoms with Crippen molar-refractivity contribution >= 4 is 29.1 Å². The molecule has 138 valence electrons. The monoisotopic (exact) mass is 391 g/mol. The maximum absolute atomic E-state index is 12.3. The summed E-state index contributed by atoms with van der Waals surface area (Å²) in [6.45, 7) is 6.01. The standard InChI is InChI=1S/C20H23Cl2N3O/c1-14-7-9-25(10-8-14)13-16-4-2-3-15(11-16)12-23-20(26)19-17(21)5-6-18(22)24-19/h2-6,11,14H,7-10,12-13H2,1H3,(H,23,26). The minimum atomic E-state index is -0.326. The van der Waals surface area contributed by atoms with E-state index in [4.69, 9.17) is 23.2 Å². The molecule has 2 aromatic rings. The second kappa shape index (κ2) is 8.85. The van der Waals surface area contributed by atoms with Gasteiger partial charge in [0, 0.05) is 13.1 Å². The minimum Gasteiger partial charge on any atom is -0.347 e. The molecule has 26 heavy (non-hydrogen) atoms. The van der Waals surface area contributed by atoms with E-state index in [1.807, 2.05) is 12.1 Å². The third-order valence-electron chi connectivity index (χ3n) is 4.75. The van der Waals surface area contributed by atoms with Crippen LogP contribution in [0.2, 0.25) is 10.2 Å². The van der Waals surface area contributed by atoms with Crippen LogP contribution in [0.1, 0.15) is 41.4 Å². The van der Waals surface area contributed by atoms with Crippen LogP contribution in [0.15, 0.2) is 36.4 Å². The fraction of sp³-hybridized carbons (Fsp3) is 0.400. The maximum Gasteiger partial charge on any atom is 0.271 e. The molecule has 1 aliphatic rings. The van der Waals surface area contributed by atoms with Gasteiger partial charge in [-0.15, -0.1) is 0 Å². The number of piperidine rings is 1. The molecule has 4 nitrogen and oxygen atoms in total. The average Bonchev–Trinajstić information content (AvgIpc) is 2.64. The topological polar surface area (TPSA) is 45.2 Å². The average molecular weight is 392 g/mol. The highest BCUT2D eigenvalue weighted by atomic mass is 35.5. The molecule has 1 fully saturated rings. The van der Waals surface area contributed by atoms with Gasteiger partial charge in [-0.2, -0.15) is 0 Å². The van der Waals surface area contributed by atoms with E-state index in [1.54, 1.807) is 12.1 Å². The van der Waals surface area contributed by atoms with Crippen LogP contribution in [0.3, 0.4) is 0 Å². The second-order valence-corrected chi connectivity index (χ2v) is 7.72. The molecule has 2 heterocycles. The molecule has 1 aromatic heterocycles. The van der Waals surface area contributed by atoms with Gasteiger partial charge in [0.15, 0.2) is 0 Å². The summed E-state index contributed by atoms with van der Waals surface area (Å²) in [5.41, 5.74) is 2.47. The summed E-state index contributed by atoms with van der Waals surface area (Å²) in [5, 5.41) is 3.40. The Kier molecular flexibility index (Phi) is 6.52. The number of benzene rings is 1. The van der Waals surface area contributed by atoms with E-state index in [0.29, 0.717) is 11.6 Å². The molecule has 1 aromatic carbocycles. The molecule has 0 spiro atoms. The van der Waals surface area contributed by atoms with Crippen LogP contribution in [0.25, 0.3) is 0 Å². The van der Waals surface area contributed by atoms with Crippen molar-refractivity contribution in [3.8, 4) is 0 Å². The fourth-order valence-corrected chi connectivity index (χ4v) is 3.50. The van der Waals surface area contributed by atoms with Crippen LogP contribution in [-0.2, 0) is 13.1 Å². The summed E-state index contributed by atoms with van der Waals surface area (Å²) in [6, 6.07) is 11.5. The summed E-state index contributed by atoms with van der Waals surface area (Å²) in [6.07, 6.45) is 2.53. The Hall–Kier alpha value is -1.62. The maximum atomic E-state index is 12.3. The molecular weight excluding hydrogens is 369 g/mol. The summed E-state index contributed by atoms with van der Waals surface area (Å²) >= 11 is 11.9. The molecule has 1 aliphatic heterocycles. The van der Waals surface area contributed by atoms with Crippen molar-refractivity contribution < 1.29 is 4.79 Å². The number of carbonyl (C=O) groups excluding carboxylic acids is 1. The highest BCUT2D eigenvalue weighted by Gasteiger charge is 2.16. The van der Waals surface area contributed by atoms with Crippen molar-refractivity contribution in [3.05, 3.63) is 63.4 Å². The van der Waals surface area contributed by atoms with Gasteiger partial charge in [-0.25, -0.2) is 4.98 Å². The number of hydrogen-bond acceptors (Lipinski definition) is 3. The van der Waals surface area contributed by atoms with Gasteiger partial charge in [0.05, 0.1) is 5.02 Å². The van der Waals surface area contributed by atoms with Gasteiger partial charge < -0.3 is 5.32 Å². The summed E-state index contributed by atoms with van der Waals surface area (Å²) in [7, 11) is 0. The molecule has 0 bridgehead atoms. The van der Waals surface area contributed by atoms with Gasteiger partial charge in [-0.3, -0.25) is 9.69 Å². The molecule has 0 saturated carbocycles. The Morgan fingerprint density at radius 1 is 1.19 bits per heavy atom. The Morgan fingerprint density at radius 3 is 2.69 bits per heavy atom. The van der Waals surface area contributed by atoms with Crippen LogP contribution >= 0.6 is 23.2 Å². The molecule has 1 saturated heterocycles. The Morgan fingerprint density at radius 2 is 1.92 bits per heavy atom. The number of nitrogens with zero attached hydrogens (tertiary/aromatic N) is 2. The Bertz CT molecular complexity index is 773. The van der Waals surface area contributed by atoms with E-state index in [-0.39, 0.29) is 16.8 Å². The largest absolute Gasteiger partial charge is 0.347 e. The number of likely N-dealkylation sites (tertiary alicyclic amines) is 1. The predicted octanol–water partition coefficient (Wildman–Crippen LogP) is 4.55. The smallest absolute Gasteiger partial charge is 0.271 e. The molecule has 0 radical (unpaired) electrons. The summed E-state index contributed by atoms with van der Waals surface area (Å²) in [5.74, 6) is 0.507.